The molecule has 0 unspecified atom stereocenters. The van der Waals surface area contributed by atoms with Gasteiger partial charge in [0.15, 0.2) is 5.69 Å². The number of hydrogen-bond acceptors (Lipinski definition) is 6. The molecule has 36 heavy (non-hydrogen) atoms. The summed E-state index contributed by atoms with van der Waals surface area (Å²) in [6.45, 7) is 3.98. The number of ether oxygens (including phenoxy) is 1. The number of carbonyl (C=O) groups is 3. The van der Waals surface area contributed by atoms with Crippen molar-refractivity contribution in [1.29, 1.82) is 0 Å². The Hall–Kier alpha value is -4.05. The minimum Gasteiger partial charge on any atom is -0.376 e. The van der Waals surface area contributed by atoms with Gasteiger partial charge >= 0.3 is 0 Å². The van der Waals surface area contributed by atoms with Gasteiger partial charge in [-0.1, -0.05) is 30.3 Å². The number of carbonyl (C=O) groups excluding carboxylic acids is 3. The van der Waals surface area contributed by atoms with E-state index in [9.17, 15) is 19.2 Å². The van der Waals surface area contributed by atoms with E-state index in [1.165, 1.54) is 4.90 Å². The molecule has 1 fully saturated rings. The van der Waals surface area contributed by atoms with Gasteiger partial charge in [-0.25, -0.2) is 4.68 Å². The molecule has 3 aromatic rings. The monoisotopic (exact) mass is 491 g/mol. The van der Waals surface area contributed by atoms with Crippen molar-refractivity contribution in [3.8, 4) is 0 Å². The van der Waals surface area contributed by atoms with Crippen molar-refractivity contribution in [2.75, 3.05) is 25.0 Å². The number of benzene rings is 2. The number of aryl methyl sites for hydroxylation is 1. The minimum absolute atomic E-state index is 0.101. The molecule has 1 saturated heterocycles. The summed E-state index contributed by atoms with van der Waals surface area (Å²) in [5.41, 5.74) is 7.49. The van der Waals surface area contributed by atoms with Gasteiger partial charge in [0, 0.05) is 24.2 Å². The quantitative estimate of drug-likeness (QED) is 0.493. The second kappa shape index (κ2) is 10.7. The van der Waals surface area contributed by atoms with Crippen molar-refractivity contribution in [1.82, 2.24) is 14.7 Å². The number of rotatable bonds is 8. The number of nitrogens with two attached hydrogens (primary N) is 1. The van der Waals surface area contributed by atoms with E-state index in [0.29, 0.717) is 17.7 Å². The molecule has 2 heterocycles. The second-order valence-corrected chi connectivity index (χ2v) is 8.93. The van der Waals surface area contributed by atoms with Crippen molar-refractivity contribution in [2.45, 2.75) is 39.3 Å². The molecule has 0 bridgehead atoms. The molecule has 4 rings (SSSR count). The van der Waals surface area contributed by atoms with Gasteiger partial charge in [-0.15, -0.1) is 0 Å². The molecule has 10 heteroatoms. The maximum absolute atomic E-state index is 13.4. The van der Waals surface area contributed by atoms with Crippen LogP contribution < -0.4 is 16.6 Å². The average Bonchev–Trinajstić information content (AvgIpc) is 3.36. The summed E-state index contributed by atoms with van der Waals surface area (Å²) in [5.74, 6) is -1.68. The van der Waals surface area contributed by atoms with Crippen LogP contribution in [0.4, 0.5) is 5.69 Å². The molecule has 10 nitrogen and oxygen atoms in total. The Labute approximate surface area is 208 Å². The lowest BCUT2D eigenvalue weighted by atomic mass is 10.1. The highest BCUT2D eigenvalue weighted by atomic mass is 16.5. The van der Waals surface area contributed by atoms with E-state index < -0.39 is 23.9 Å². The second-order valence-electron chi connectivity index (χ2n) is 8.93. The van der Waals surface area contributed by atoms with Crippen molar-refractivity contribution in [3.05, 3.63) is 69.6 Å². The Morgan fingerprint density at radius 1 is 1.14 bits per heavy atom. The molecule has 0 spiro atoms. The van der Waals surface area contributed by atoms with Crippen LogP contribution in [0.2, 0.25) is 0 Å². The highest BCUT2D eigenvalue weighted by Gasteiger charge is 2.26. The third kappa shape index (κ3) is 5.44. The average molecular weight is 492 g/mol. The van der Waals surface area contributed by atoms with Gasteiger partial charge in [-0.3, -0.25) is 19.2 Å². The third-order valence-electron chi connectivity index (χ3n) is 6.40. The lowest BCUT2D eigenvalue weighted by Crippen LogP contribution is -2.45. The van der Waals surface area contributed by atoms with Gasteiger partial charge in [0.2, 0.25) is 11.8 Å². The number of aromatic nitrogens is 2. The van der Waals surface area contributed by atoms with Gasteiger partial charge in [-0.05, 0) is 49.9 Å². The first kappa shape index (κ1) is 25.1. The van der Waals surface area contributed by atoms with Crippen LogP contribution in [-0.4, -0.2) is 58.2 Å². The standard InChI is InChI=1S/C26H29N5O5/c1-16-7-5-11-21(17(16)2)28-22(32)14-30(13-18-8-6-12-36-18)23(33)15-31-26(35)20-10-4-3-9-19(20)24(29-31)25(27)34/h3-5,7,9-11,18H,6,8,12-15H2,1-2H3,(H2,27,34)(H,28,32)/t18-/m1/s1. The molecular weight excluding hydrogens is 462 g/mol. The van der Waals surface area contributed by atoms with Gasteiger partial charge in [0.25, 0.3) is 11.5 Å². The number of hydrogen-bond donors (Lipinski definition) is 2. The first-order valence-corrected chi connectivity index (χ1v) is 11.8. The summed E-state index contributed by atoms with van der Waals surface area (Å²) in [5, 5.41) is 7.49. The van der Waals surface area contributed by atoms with Crippen LogP contribution in [0.15, 0.2) is 47.3 Å². The van der Waals surface area contributed by atoms with Crippen LogP contribution in [0, 0.1) is 13.8 Å². The maximum Gasteiger partial charge on any atom is 0.275 e. The van der Waals surface area contributed by atoms with Crippen LogP contribution in [0.25, 0.3) is 10.8 Å². The largest absolute Gasteiger partial charge is 0.376 e. The molecule has 3 N–H and O–H groups in total. The van der Waals surface area contributed by atoms with Gasteiger partial charge in [-0.2, -0.15) is 5.10 Å². The molecule has 0 saturated carbocycles. The van der Waals surface area contributed by atoms with E-state index >= 15 is 0 Å². The van der Waals surface area contributed by atoms with Crippen LogP contribution in [0.3, 0.4) is 0 Å². The van der Waals surface area contributed by atoms with Crippen LogP contribution >= 0.6 is 0 Å². The van der Waals surface area contributed by atoms with E-state index in [1.807, 2.05) is 26.0 Å². The number of amides is 3. The highest BCUT2D eigenvalue weighted by Crippen LogP contribution is 2.19. The van der Waals surface area contributed by atoms with E-state index in [2.05, 4.69) is 10.4 Å². The van der Waals surface area contributed by atoms with E-state index in [1.54, 1.807) is 30.3 Å². The van der Waals surface area contributed by atoms with E-state index in [0.717, 1.165) is 28.7 Å². The first-order chi connectivity index (χ1) is 17.2. The van der Waals surface area contributed by atoms with Crippen LogP contribution in [-0.2, 0) is 20.9 Å². The Morgan fingerprint density at radius 3 is 2.58 bits per heavy atom. The molecule has 188 valence electrons. The van der Waals surface area contributed by atoms with Gasteiger partial charge in [0.1, 0.15) is 13.1 Å². The summed E-state index contributed by atoms with van der Waals surface area (Å²) >= 11 is 0. The predicted octanol–water partition coefficient (Wildman–Crippen LogP) is 1.76. The zero-order chi connectivity index (χ0) is 25.8. The fourth-order valence-electron chi connectivity index (χ4n) is 4.29. The fraction of sp³-hybridized carbons (Fsp3) is 0.346. The number of nitrogens with zero attached hydrogens (tertiary/aromatic N) is 3. The lowest BCUT2D eigenvalue weighted by molar-refractivity contribution is -0.137. The SMILES string of the molecule is Cc1cccc(NC(=O)CN(C[C@H]2CCCO2)C(=O)Cn2nc(C(N)=O)c3ccccc3c2=O)c1C. The third-order valence-corrected chi connectivity index (χ3v) is 6.40. The normalized spacial score (nSPS) is 15.1. The molecule has 1 aliphatic rings. The number of fused-ring (bicyclic) bond motifs is 1. The Morgan fingerprint density at radius 2 is 1.89 bits per heavy atom. The molecule has 0 radical (unpaired) electrons. The smallest absolute Gasteiger partial charge is 0.275 e. The zero-order valence-electron chi connectivity index (χ0n) is 20.3. The topological polar surface area (TPSA) is 137 Å². The highest BCUT2D eigenvalue weighted by molar-refractivity contribution is 6.04. The van der Waals surface area contributed by atoms with Gasteiger partial charge < -0.3 is 20.7 Å². The maximum atomic E-state index is 13.4. The summed E-state index contributed by atoms with van der Waals surface area (Å²) in [7, 11) is 0. The fourth-order valence-corrected chi connectivity index (χ4v) is 4.29. The van der Waals surface area contributed by atoms with Crippen LogP contribution in [0.5, 0.6) is 0 Å². The minimum atomic E-state index is -0.809. The summed E-state index contributed by atoms with van der Waals surface area (Å²) < 4.78 is 6.61. The Bertz CT molecular complexity index is 1380. The molecule has 1 aliphatic heterocycles. The summed E-state index contributed by atoms with van der Waals surface area (Å²) in [6.07, 6.45) is 1.43. The molecule has 0 aliphatic carbocycles. The van der Waals surface area contributed by atoms with Crippen molar-refractivity contribution in [3.63, 3.8) is 0 Å². The number of primary amides is 1. The van der Waals surface area contributed by atoms with Gasteiger partial charge in [0.05, 0.1) is 11.5 Å². The predicted molar refractivity (Wildman–Crippen MR) is 135 cm³/mol. The number of nitrogens with one attached hydrogen (secondary N) is 1. The molecular formula is C26H29N5O5. The zero-order valence-corrected chi connectivity index (χ0v) is 20.3. The Balaban J connectivity index is 1.59. The molecule has 3 amide bonds. The first-order valence-electron chi connectivity index (χ1n) is 11.8. The molecule has 1 aromatic heterocycles. The van der Waals surface area contributed by atoms with E-state index in [-0.39, 0.29) is 36.2 Å². The van der Waals surface area contributed by atoms with Crippen molar-refractivity contribution >= 4 is 34.2 Å². The van der Waals surface area contributed by atoms with Crippen molar-refractivity contribution in [2.24, 2.45) is 5.73 Å². The van der Waals surface area contributed by atoms with Crippen LogP contribution in [0.1, 0.15) is 34.5 Å². The molecule has 1 atom stereocenters. The number of anilines is 1. The summed E-state index contributed by atoms with van der Waals surface area (Å²) in [4.78, 5) is 52.6. The van der Waals surface area contributed by atoms with Crippen molar-refractivity contribution < 1.29 is 19.1 Å². The Kier molecular flexibility index (Phi) is 7.44. The summed E-state index contributed by atoms with van der Waals surface area (Å²) in [6, 6.07) is 12.1. The lowest BCUT2D eigenvalue weighted by Gasteiger charge is -2.25. The molecule has 2 aromatic carbocycles. The van der Waals surface area contributed by atoms with E-state index in [4.69, 9.17) is 10.5 Å².